The molecule has 2 amide bonds. The monoisotopic (exact) mass is 488 g/mol. The number of carbonyl (C=O) groups excluding carboxylic acids is 2. The van der Waals surface area contributed by atoms with Gasteiger partial charge in [0.25, 0.3) is 5.91 Å². The summed E-state index contributed by atoms with van der Waals surface area (Å²) >= 11 is 0. The Morgan fingerprint density at radius 1 is 1.03 bits per heavy atom. The Hall–Kier alpha value is -4.20. The number of fused-ring (bicyclic) bond motifs is 2. The Labute approximate surface area is 209 Å². The molecule has 3 aromatic rings. The standard InChI is InChI=1S/C28H28N2O6/c1-3-34-23-10-8-18(14-25(23)33-2)22(30-17-19-6-4-5-7-21(19)28(30)32)16-27(31)29-20-9-11-24-26(15-20)36-13-12-35-24/h4-11,14-15,22H,3,12-13,16-17H2,1-2H3,(H,29,31)/t22-/m0/s1. The second kappa shape index (κ2) is 10.2. The van der Waals surface area contributed by atoms with Crippen molar-refractivity contribution < 1.29 is 28.5 Å². The SMILES string of the molecule is CCOc1ccc([C@H](CC(=O)Nc2ccc3c(c2)OCCO3)N2Cc3ccccc3C2=O)cc1OC. The van der Waals surface area contributed by atoms with Crippen LogP contribution in [0.3, 0.4) is 0 Å². The van der Waals surface area contributed by atoms with Gasteiger partial charge in [0, 0.05) is 23.9 Å². The highest BCUT2D eigenvalue weighted by Crippen LogP contribution is 2.38. The van der Waals surface area contributed by atoms with Gasteiger partial charge in [-0.2, -0.15) is 0 Å². The fourth-order valence-corrected chi connectivity index (χ4v) is 4.61. The first-order valence-electron chi connectivity index (χ1n) is 12.0. The van der Waals surface area contributed by atoms with Crippen LogP contribution in [0.1, 0.15) is 40.9 Å². The number of hydrogen-bond donors (Lipinski definition) is 1. The van der Waals surface area contributed by atoms with E-state index in [1.807, 2.05) is 49.4 Å². The van der Waals surface area contributed by atoms with Gasteiger partial charge in [0.15, 0.2) is 23.0 Å². The molecule has 0 aliphatic carbocycles. The zero-order valence-corrected chi connectivity index (χ0v) is 20.3. The fourth-order valence-electron chi connectivity index (χ4n) is 4.61. The van der Waals surface area contributed by atoms with Gasteiger partial charge in [-0.1, -0.05) is 24.3 Å². The first kappa shape index (κ1) is 23.5. The smallest absolute Gasteiger partial charge is 0.255 e. The Morgan fingerprint density at radius 2 is 1.83 bits per heavy atom. The molecule has 0 aromatic heterocycles. The lowest BCUT2D eigenvalue weighted by atomic mass is 10.0. The van der Waals surface area contributed by atoms with Gasteiger partial charge >= 0.3 is 0 Å². The summed E-state index contributed by atoms with van der Waals surface area (Å²) in [6.07, 6.45) is 0.0608. The first-order chi connectivity index (χ1) is 17.6. The topological polar surface area (TPSA) is 86.3 Å². The van der Waals surface area contributed by atoms with Gasteiger partial charge in [-0.15, -0.1) is 0 Å². The van der Waals surface area contributed by atoms with E-state index in [-0.39, 0.29) is 18.2 Å². The number of benzene rings is 3. The highest BCUT2D eigenvalue weighted by molar-refractivity contribution is 5.99. The average molecular weight is 489 g/mol. The summed E-state index contributed by atoms with van der Waals surface area (Å²) in [7, 11) is 1.57. The zero-order chi connectivity index (χ0) is 25.1. The number of ether oxygens (including phenoxy) is 4. The maximum absolute atomic E-state index is 13.3. The molecule has 8 heteroatoms. The molecule has 186 valence electrons. The third-order valence-corrected chi connectivity index (χ3v) is 6.30. The Balaban J connectivity index is 1.42. The summed E-state index contributed by atoms with van der Waals surface area (Å²) in [6.45, 7) is 3.78. The second-order valence-corrected chi connectivity index (χ2v) is 8.56. The van der Waals surface area contributed by atoms with Gasteiger partial charge in [0.1, 0.15) is 13.2 Å². The van der Waals surface area contributed by atoms with Crippen LogP contribution >= 0.6 is 0 Å². The molecule has 0 saturated carbocycles. The summed E-state index contributed by atoms with van der Waals surface area (Å²) < 4.78 is 22.4. The Morgan fingerprint density at radius 3 is 2.61 bits per heavy atom. The number of nitrogens with zero attached hydrogens (tertiary/aromatic N) is 1. The number of rotatable bonds is 8. The molecule has 0 radical (unpaired) electrons. The predicted molar refractivity (Wildman–Crippen MR) is 134 cm³/mol. The number of nitrogens with one attached hydrogen (secondary N) is 1. The maximum atomic E-state index is 13.3. The molecule has 0 bridgehead atoms. The summed E-state index contributed by atoms with van der Waals surface area (Å²) in [5, 5.41) is 2.94. The minimum Gasteiger partial charge on any atom is -0.493 e. The second-order valence-electron chi connectivity index (χ2n) is 8.56. The minimum absolute atomic E-state index is 0.0608. The largest absolute Gasteiger partial charge is 0.493 e. The molecular formula is C28H28N2O6. The van der Waals surface area contributed by atoms with Gasteiger partial charge in [-0.25, -0.2) is 0 Å². The van der Waals surface area contributed by atoms with E-state index in [1.165, 1.54) is 0 Å². The van der Waals surface area contributed by atoms with Crippen molar-refractivity contribution in [2.45, 2.75) is 25.9 Å². The van der Waals surface area contributed by atoms with E-state index in [1.54, 1.807) is 30.2 Å². The molecule has 8 nitrogen and oxygen atoms in total. The van der Waals surface area contributed by atoms with E-state index in [9.17, 15) is 9.59 Å². The average Bonchev–Trinajstić information content (AvgIpc) is 3.24. The summed E-state index contributed by atoms with van der Waals surface area (Å²) in [6, 6.07) is 17.9. The Kier molecular flexibility index (Phi) is 6.66. The van der Waals surface area contributed by atoms with E-state index in [0.29, 0.717) is 60.6 Å². The van der Waals surface area contributed by atoms with E-state index >= 15 is 0 Å². The van der Waals surface area contributed by atoms with Crippen LogP contribution < -0.4 is 24.3 Å². The molecule has 2 aliphatic heterocycles. The number of amides is 2. The summed E-state index contributed by atoms with van der Waals surface area (Å²) in [5.74, 6) is 2.08. The molecule has 0 unspecified atom stereocenters. The molecule has 1 atom stereocenters. The maximum Gasteiger partial charge on any atom is 0.255 e. The molecule has 2 heterocycles. The predicted octanol–water partition coefficient (Wildman–Crippen LogP) is 4.59. The Bertz CT molecular complexity index is 1290. The van der Waals surface area contributed by atoms with Crippen molar-refractivity contribution in [1.82, 2.24) is 4.90 Å². The lowest BCUT2D eigenvalue weighted by Crippen LogP contribution is -2.32. The van der Waals surface area contributed by atoms with Crippen molar-refractivity contribution in [2.24, 2.45) is 0 Å². The van der Waals surface area contributed by atoms with Crippen molar-refractivity contribution in [3.8, 4) is 23.0 Å². The van der Waals surface area contributed by atoms with Gasteiger partial charge < -0.3 is 29.2 Å². The van der Waals surface area contributed by atoms with Crippen molar-refractivity contribution in [1.29, 1.82) is 0 Å². The minimum atomic E-state index is -0.508. The molecule has 3 aromatic carbocycles. The van der Waals surface area contributed by atoms with Crippen LogP contribution in [0, 0.1) is 0 Å². The van der Waals surface area contributed by atoms with E-state index in [4.69, 9.17) is 18.9 Å². The van der Waals surface area contributed by atoms with E-state index < -0.39 is 6.04 Å². The van der Waals surface area contributed by atoms with Crippen molar-refractivity contribution in [3.05, 3.63) is 77.4 Å². The number of anilines is 1. The molecule has 1 N–H and O–H groups in total. The van der Waals surface area contributed by atoms with Crippen LogP contribution in [0.5, 0.6) is 23.0 Å². The fraction of sp³-hybridized carbons (Fsp3) is 0.286. The normalized spacial score (nSPS) is 14.7. The van der Waals surface area contributed by atoms with Gasteiger partial charge in [-0.3, -0.25) is 9.59 Å². The highest BCUT2D eigenvalue weighted by atomic mass is 16.6. The van der Waals surface area contributed by atoms with Crippen LogP contribution in [-0.4, -0.2) is 43.6 Å². The van der Waals surface area contributed by atoms with Crippen LogP contribution in [0.2, 0.25) is 0 Å². The van der Waals surface area contributed by atoms with Crippen LogP contribution in [0.4, 0.5) is 5.69 Å². The third kappa shape index (κ3) is 4.66. The molecule has 0 spiro atoms. The third-order valence-electron chi connectivity index (χ3n) is 6.30. The van der Waals surface area contributed by atoms with Crippen molar-refractivity contribution in [3.63, 3.8) is 0 Å². The molecule has 5 rings (SSSR count). The van der Waals surface area contributed by atoms with Gasteiger partial charge in [-0.05, 0) is 48.4 Å². The number of carbonyl (C=O) groups is 2. The van der Waals surface area contributed by atoms with Gasteiger partial charge in [0.2, 0.25) is 5.91 Å². The van der Waals surface area contributed by atoms with Crippen LogP contribution in [-0.2, 0) is 11.3 Å². The molecule has 0 saturated heterocycles. The quantitative estimate of drug-likeness (QED) is 0.499. The van der Waals surface area contributed by atoms with E-state index in [0.717, 1.165) is 11.1 Å². The molecule has 0 fully saturated rings. The summed E-state index contributed by atoms with van der Waals surface area (Å²) in [5.41, 5.74) is 2.99. The number of hydrogen-bond acceptors (Lipinski definition) is 6. The van der Waals surface area contributed by atoms with Crippen LogP contribution in [0.15, 0.2) is 60.7 Å². The lowest BCUT2D eigenvalue weighted by Gasteiger charge is -2.28. The number of methoxy groups -OCH3 is 1. The first-order valence-corrected chi connectivity index (χ1v) is 12.0. The van der Waals surface area contributed by atoms with Crippen molar-refractivity contribution >= 4 is 17.5 Å². The molecule has 36 heavy (non-hydrogen) atoms. The lowest BCUT2D eigenvalue weighted by molar-refractivity contribution is -0.117. The van der Waals surface area contributed by atoms with Crippen molar-refractivity contribution in [2.75, 3.05) is 32.2 Å². The zero-order valence-electron chi connectivity index (χ0n) is 20.3. The summed E-state index contributed by atoms with van der Waals surface area (Å²) in [4.78, 5) is 28.3. The van der Waals surface area contributed by atoms with Gasteiger partial charge in [0.05, 0.1) is 26.2 Å². The highest BCUT2D eigenvalue weighted by Gasteiger charge is 2.35. The molecular weight excluding hydrogens is 460 g/mol. The van der Waals surface area contributed by atoms with E-state index in [2.05, 4.69) is 5.32 Å². The van der Waals surface area contributed by atoms with Crippen LogP contribution in [0.25, 0.3) is 0 Å². The molecule has 2 aliphatic rings.